The molecule has 0 aromatic rings. The molecule has 0 radical (unpaired) electrons. The number of phosphoric acid groups is 1. The first-order valence-electron chi connectivity index (χ1n) is 0.730. The van der Waals surface area contributed by atoms with Crippen LogP contribution in [0.1, 0.15) is 0 Å². The van der Waals surface area contributed by atoms with Crippen LogP contribution in [0.3, 0.4) is 0 Å². The summed E-state index contributed by atoms with van der Waals surface area (Å²) < 4.78 is 8.55. The molecule has 0 rings (SSSR count). The Morgan fingerprint density at radius 1 is 1.14 bits per heavy atom. The van der Waals surface area contributed by atoms with Crippen molar-refractivity contribution >= 4 is 53.3 Å². The molecule has 0 amide bonds. The summed E-state index contributed by atoms with van der Waals surface area (Å²) in [5.74, 6) is 0. The van der Waals surface area contributed by atoms with Gasteiger partial charge < -0.3 is 24.7 Å². The van der Waals surface area contributed by atoms with Crippen molar-refractivity contribution in [2.75, 3.05) is 0 Å². The Bertz CT molecular complexity index is 54.2. The zero-order valence-corrected chi connectivity index (χ0v) is 7.66. The van der Waals surface area contributed by atoms with Gasteiger partial charge in [-0.25, -0.2) is 0 Å². The van der Waals surface area contributed by atoms with E-state index in [1.807, 2.05) is 0 Å². The minimum atomic E-state index is -5.39. The van der Waals surface area contributed by atoms with Crippen LogP contribution in [-0.4, -0.2) is 51.0 Å². The molecular formula is H2O5PSr-. The average molecular weight is 201 g/mol. The number of hydrogen-bond donors (Lipinski definition) is 0. The van der Waals surface area contributed by atoms with E-state index in [2.05, 4.69) is 0 Å². The molecule has 0 aliphatic heterocycles. The quantitative estimate of drug-likeness (QED) is 0.292. The van der Waals surface area contributed by atoms with Crippen LogP contribution in [0.25, 0.3) is 0 Å². The maximum Gasteiger partial charge on any atom is 2.00 e. The van der Waals surface area contributed by atoms with Gasteiger partial charge >= 0.3 is 45.5 Å². The van der Waals surface area contributed by atoms with Crippen LogP contribution in [0.4, 0.5) is 0 Å². The minimum Gasteiger partial charge on any atom is -0.822 e. The molecule has 0 saturated heterocycles. The maximum atomic E-state index is 8.55. The van der Waals surface area contributed by atoms with Gasteiger partial charge in [0.1, 0.15) is 0 Å². The zero-order chi connectivity index (χ0) is 4.50. The van der Waals surface area contributed by atoms with Crippen molar-refractivity contribution in [1.82, 2.24) is 0 Å². The summed E-state index contributed by atoms with van der Waals surface area (Å²) in [7, 11) is -5.39. The van der Waals surface area contributed by atoms with Crippen molar-refractivity contribution in [3.05, 3.63) is 0 Å². The molecule has 0 saturated carbocycles. The SMILES string of the molecule is O.O=P([O-])([O-])[O-].[Sr+2]. The van der Waals surface area contributed by atoms with Gasteiger partial charge in [-0.1, -0.05) is 0 Å². The van der Waals surface area contributed by atoms with Crippen molar-refractivity contribution in [2.24, 2.45) is 0 Å². The first kappa shape index (κ1) is 15.8. The maximum absolute atomic E-state index is 8.55. The van der Waals surface area contributed by atoms with E-state index < -0.39 is 7.82 Å². The second-order valence-electron chi connectivity index (χ2n) is 0.447. The van der Waals surface area contributed by atoms with Crippen LogP contribution in [0.2, 0.25) is 0 Å². The van der Waals surface area contributed by atoms with Gasteiger partial charge in [0.25, 0.3) is 0 Å². The van der Waals surface area contributed by atoms with E-state index in [1.54, 1.807) is 0 Å². The van der Waals surface area contributed by atoms with Crippen LogP contribution in [-0.2, 0) is 4.57 Å². The molecule has 5 nitrogen and oxygen atoms in total. The fraction of sp³-hybridized carbons (Fsp3) is 0. The summed E-state index contributed by atoms with van der Waals surface area (Å²) in [5.41, 5.74) is 0. The van der Waals surface area contributed by atoms with Crippen LogP contribution in [0, 0.1) is 0 Å². The predicted octanol–water partition coefficient (Wildman–Crippen LogP) is -4.03. The third-order valence-corrected chi connectivity index (χ3v) is 0. The molecule has 0 aromatic carbocycles. The van der Waals surface area contributed by atoms with Gasteiger partial charge in [0.05, 0.1) is 0 Å². The summed E-state index contributed by atoms with van der Waals surface area (Å²) in [4.78, 5) is 25.6. The van der Waals surface area contributed by atoms with Crippen LogP contribution < -0.4 is 14.7 Å². The standard InChI is InChI=1S/H3O4P.H2O.Sr/c1-5(2,3)4;;/h(H3,1,2,3,4);1H2;/q;;+2/p-3. The summed E-state index contributed by atoms with van der Waals surface area (Å²) >= 11 is 0. The summed E-state index contributed by atoms with van der Waals surface area (Å²) in [6, 6.07) is 0. The molecule has 0 aromatic heterocycles. The molecule has 7 heavy (non-hydrogen) atoms. The van der Waals surface area contributed by atoms with E-state index in [0.29, 0.717) is 0 Å². The molecule has 0 heterocycles. The largest absolute Gasteiger partial charge is 2.00 e. The summed E-state index contributed by atoms with van der Waals surface area (Å²) in [6.45, 7) is 0. The van der Waals surface area contributed by atoms with Gasteiger partial charge in [-0.2, -0.15) is 7.82 Å². The molecule has 2 N–H and O–H groups in total. The zero-order valence-electron chi connectivity index (χ0n) is 3.29. The van der Waals surface area contributed by atoms with Gasteiger partial charge in [-0.15, -0.1) is 0 Å². The van der Waals surface area contributed by atoms with Crippen molar-refractivity contribution in [1.29, 1.82) is 0 Å². The second kappa shape index (κ2) is 5.68. The van der Waals surface area contributed by atoms with Crippen molar-refractivity contribution in [3.8, 4) is 0 Å². The predicted molar refractivity (Wildman–Crippen MR) is 17.0 cm³/mol. The smallest absolute Gasteiger partial charge is 0.822 e. The first-order chi connectivity index (χ1) is 2.00. The summed E-state index contributed by atoms with van der Waals surface area (Å²) in [6.07, 6.45) is 0. The van der Waals surface area contributed by atoms with Crippen LogP contribution in [0.5, 0.6) is 0 Å². The first-order valence-corrected chi connectivity index (χ1v) is 2.19. The van der Waals surface area contributed by atoms with E-state index in [0.717, 1.165) is 0 Å². The monoisotopic (exact) mass is 201 g/mol. The molecule has 0 unspecified atom stereocenters. The molecule has 0 aliphatic rings. The molecule has 0 fully saturated rings. The van der Waals surface area contributed by atoms with E-state index in [-0.39, 0.29) is 51.0 Å². The van der Waals surface area contributed by atoms with Crippen molar-refractivity contribution < 1.29 is 24.7 Å². The molecule has 0 spiro atoms. The fourth-order valence-electron chi connectivity index (χ4n) is 0. The van der Waals surface area contributed by atoms with Gasteiger partial charge in [-0.05, 0) is 0 Å². The van der Waals surface area contributed by atoms with E-state index in [9.17, 15) is 0 Å². The third kappa shape index (κ3) is 96.8. The average Bonchev–Trinajstić information content (AvgIpc) is 0.722. The van der Waals surface area contributed by atoms with Crippen molar-refractivity contribution in [3.63, 3.8) is 0 Å². The molecular weight excluding hydrogens is 199 g/mol. The van der Waals surface area contributed by atoms with Gasteiger partial charge in [0.2, 0.25) is 0 Å². The number of rotatable bonds is 0. The Hall–Kier alpha value is 1.55. The Kier molecular flexibility index (Phi) is 12.8. The number of hydrogen-bond acceptors (Lipinski definition) is 4. The van der Waals surface area contributed by atoms with Gasteiger partial charge in [-0.3, -0.25) is 0 Å². The summed E-state index contributed by atoms with van der Waals surface area (Å²) in [5, 5.41) is 0. The van der Waals surface area contributed by atoms with Crippen LogP contribution in [0.15, 0.2) is 0 Å². The van der Waals surface area contributed by atoms with Crippen molar-refractivity contribution in [2.45, 2.75) is 0 Å². The topological polar surface area (TPSA) is 118 Å². The third-order valence-electron chi connectivity index (χ3n) is 0. The molecule has 7 heteroatoms. The normalized spacial score (nSPS) is 8.43. The Morgan fingerprint density at radius 2 is 1.14 bits per heavy atom. The van der Waals surface area contributed by atoms with E-state index >= 15 is 0 Å². The Morgan fingerprint density at radius 3 is 1.14 bits per heavy atom. The fourth-order valence-corrected chi connectivity index (χ4v) is 0. The Balaban J connectivity index is -0.0000000800. The molecule has 40 valence electrons. The van der Waals surface area contributed by atoms with Crippen LogP contribution >= 0.6 is 7.82 Å². The van der Waals surface area contributed by atoms with Gasteiger partial charge in [0.15, 0.2) is 0 Å². The van der Waals surface area contributed by atoms with Gasteiger partial charge in [0, 0.05) is 0 Å². The van der Waals surface area contributed by atoms with E-state index in [1.165, 1.54) is 0 Å². The molecule has 0 bridgehead atoms. The molecule has 0 atom stereocenters. The second-order valence-corrected chi connectivity index (χ2v) is 1.34. The van der Waals surface area contributed by atoms with E-state index in [4.69, 9.17) is 19.2 Å². The minimum absolute atomic E-state index is 0. The Labute approximate surface area is 77.2 Å². The molecule has 0 aliphatic carbocycles.